The van der Waals surface area contributed by atoms with Crippen molar-refractivity contribution in [2.45, 2.75) is 38.5 Å². The number of alkyl carbamates (subject to hydrolysis) is 1. The first-order valence-corrected chi connectivity index (χ1v) is 12.5. The van der Waals surface area contributed by atoms with Crippen LogP contribution in [-0.4, -0.2) is 43.3 Å². The fourth-order valence-electron chi connectivity index (χ4n) is 4.79. The maximum absolute atomic E-state index is 12.8. The molecule has 0 spiro atoms. The Morgan fingerprint density at radius 2 is 1.54 bits per heavy atom. The van der Waals surface area contributed by atoms with Crippen LogP contribution in [0.3, 0.4) is 0 Å². The lowest BCUT2D eigenvalue weighted by molar-refractivity contribution is -0.146. The third-order valence-electron chi connectivity index (χ3n) is 6.72. The summed E-state index contributed by atoms with van der Waals surface area (Å²) in [5.74, 6) is -0.203. The van der Waals surface area contributed by atoms with Crippen molar-refractivity contribution in [3.8, 4) is 11.1 Å². The van der Waals surface area contributed by atoms with Crippen molar-refractivity contribution < 1.29 is 23.8 Å². The minimum Gasteiger partial charge on any atom is -0.477 e. The Morgan fingerprint density at radius 3 is 2.19 bits per heavy atom. The third kappa shape index (κ3) is 5.35. The first-order valence-electron chi connectivity index (χ1n) is 12.5. The molecule has 0 unspecified atom stereocenters. The van der Waals surface area contributed by atoms with Crippen molar-refractivity contribution in [3.63, 3.8) is 0 Å². The molecule has 0 fully saturated rings. The van der Waals surface area contributed by atoms with Crippen molar-refractivity contribution in [2.24, 2.45) is 10.9 Å². The molecule has 37 heavy (non-hydrogen) atoms. The lowest BCUT2D eigenvalue weighted by atomic mass is 9.98. The van der Waals surface area contributed by atoms with Crippen molar-refractivity contribution >= 4 is 18.0 Å². The summed E-state index contributed by atoms with van der Waals surface area (Å²) in [5, 5.41) is 2.88. The highest BCUT2D eigenvalue weighted by atomic mass is 16.6. The normalized spacial score (nSPS) is 16.8. The average molecular weight is 499 g/mol. The van der Waals surface area contributed by atoms with Crippen LogP contribution in [-0.2, 0) is 25.6 Å². The molecule has 3 aromatic rings. The van der Waals surface area contributed by atoms with Crippen LogP contribution >= 0.6 is 0 Å². The second-order valence-corrected chi connectivity index (χ2v) is 9.58. The molecule has 1 N–H and O–H groups in total. The molecule has 0 saturated heterocycles. The van der Waals surface area contributed by atoms with E-state index in [9.17, 15) is 9.59 Å². The van der Waals surface area contributed by atoms with Gasteiger partial charge < -0.3 is 19.5 Å². The van der Waals surface area contributed by atoms with Gasteiger partial charge in [-0.25, -0.2) is 14.6 Å². The standard InChI is InChI=1S/C30H30N2O5/c1-19(2)27(28-31-26(18-35-28)29(33)36-16-20-10-4-3-5-11-20)32-30(34)37-17-25-23-14-8-6-12-21(23)22-13-7-9-15-24(22)25/h3-15,19,25-27H,16-18H2,1-2H3,(H,32,34)/t26-,27-/m0/s1. The first kappa shape index (κ1) is 24.6. The van der Waals surface area contributed by atoms with E-state index in [1.807, 2.05) is 68.4 Å². The highest BCUT2D eigenvalue weighted by molar-refractivity contribution is 5.91. The van der Waals surface area contributed by atoms with Gasteiger partial charge in [-0.15, -0.1) is 0 Å². The van der Waals surface area contributed by atoms with E-state index in [-0.39, 0.29) is 31.7 Å². The second-order valence-electron chi connectivity index (χ2n) is 9.58. The van der Waals surface area contributed by atoms with E-state index in [1.165, 1.54) is 11.1 Å². The number of carbonyl (C=O) groups is 2. The Labute approximate surface area is 216 Å². The molecule has 0 radical (unpaired) electrons. The van der Waals surface area contributed by atoms with Gasteiger partial charge in [-0.3, -0.25) is 0 Å². The van der Waals surface area contributed by atoms with E-state index >= 15 is 0 Å². The fraction of sp³-hybridized carbons (Fsp3) is 0.300. The number of carbonyl (C=O) groups excluding carboxylic acids is 2. The summed E-state index contributed by atoms with van der Waals surface area (Å²) in [6.45, 7) is 4.36. The minimum atomic E-state index is -0.760. The maximum atomic E-state index is 12.8. The van der Waals surface area contributed by atoms with Crippen LogP contribution in [0.25, 0.3) is 11.1 Å². The topological polar surface area (TPSA) is 86.2 Å². The van der Waals surface area contributed by atoms with Crippen molar-refractivity contribution in [2.75, 3.05) is 13.2 Å². The van der Waals surface area contributed by atoms with Crippen LogP contribution in [0.5, 0.6) is 0 Å². The molecule has 1 aliphatic carbocycles. The second kappa shape index (κ2) is 10.9. The fourth-order valence-corrected chi connectivity index (χ4v) is 4.79. The number of aliphatic imine (C=N–C) groups is 1. The number of hydrogen-bond acceptors (Lipinski definition) is 6. The highest BCUT2D eigenvalue weighted by Crippen LogP contribution is 2.44. The molecular formula is C30H30N2O5. The number of benzene rings is 3. The van der Waals surface area contributed by atoms with E-state index in [4.69, 9.17) is 14.2 Å². The van der Waals surface area contributed by atoms with Gasteiger partial charge in [0.25, 0.3) is 0 Å². The molecule has 5 rings (SSSR count). The summed E-state index contributed by atoms with van der Waals surface area (Å²) in [6, 6.07) is 24.6. The van der Waals surface area contributed by atoms with Crippen molar-refractivity contribution in [3.05, 3.63) is 95.6 Å². The first-order chi connectivity index (χ1) is 18.0. The predicted molar refractivity (Wildman–Crippen MR) is 140 cm³/mol. The predicted octanol–water partition coefficient (Wildman–Crippen LogP) is 5.09. The third-order valence-corrected chi connectivity index (χ3v) is 6.72. The number of rotatable bonds is 8. The SMILES string of the molecule is CC(C)[C@H](NC(=O)OCC1c2ccccc2-c2ccccc21)C1=N[C@H](C(=O)OCc2ccccc2)CO1. The number of nitrogens with one attached hydrogen (secondary N) is 1. The van der Waals surface area contributed by atoms with Crippen LogP contribution < -0.4 is 5.32 Å². The van der Waals surface area contributed by atoms with E-state index in [0.29, 0.717) is 5.90 Å². The molecule has 1 amide bonds. The molecule has 190 valence electrons. The molecule has 0 saturated carbocycles. The van der Waals surface area contributed by atoms with Crippen LogP contribution in [0.2, 0.25) is 0 Å². The quantitative estimate of drug-likeness (QED) is 0.437. The van der Waals surface area contributed by atoms with E-state index < -0.39 is 24.1 Å². The number of fused-ring (bicyclic) bond motifs is 3. The summed E-state index contributed by atoms with van der Waals surface area (Å²) >= 11 is 0. The zero-order valence-corrected chi connectivity index (χ0v) is 20.9. The molecular weight excluding hydrogens is 468 g/mol. The molecule has 7 heteroatoms. The number of hydrogen-bond donors (Lipinski definition) is 1. The number of esters is 1. The lowest BCUT2D eigenvalue weighted by Crippen LogP contribution is -2.45. The zero-order chi connectivity index (χ0) is 25.8. The summed E-state index contributed by atoms with van der Waals surface area (Å²) in [6.07, 6.45) is -0.554. The lowest BCUT2D eigenvalue weighted by Gasteiger charge is -2.22. The molecule has 7 nitrogen and oxygen atoms in total. The average Bonchev–Trinajstić information content (AvgIpc) is 3.53. The van der Waals surface area contributed by atoms with Gasteiger partial charge in [0.15, 0.2) is 6.04 Å². The van der Waals surface area contributed by atoms with E-state index in [0.717, 1.165) is 16.7 Å². The maximum Gasteiger partial charge on any atom is 0.407 e. The summed E-state index contributed by atoms with van der Waals surface area (Å²) in [5.41, 5.74) is 5.54. The van der Waals surface area contributed by atoms with Crippen molar-refractivity contribution in [1.82, 2.24) is 5.32 Å². The van der Waals surface area contributed by atoms with Gasteiger partial charge in [0.1, 0.15) is 25.9 Å². The van der Waals surface area contributed by atoms with Gasteiger partial charge >= 0.3 is 12.1 Å². The Morgan fingerprint density at radius 1 is 0.919 bits per heavy atom. The number of amides is 1. The van der Waals surface area contributed by atoms with Crippen molar-refractivity contribution in [1.29, 1.82) is 0 Å². The van der Waals surface area contributed by atoms with E-state index in [2.05, 4.69) is 34.6 Å². The molecule has 0 aromatic heterocycles. The van der Waals surface area contributed by atoms with Gasteiger partial charge in [-0.05, 0) is 33.7 Å². The van der Waals surface area contributed by atoms with Crippen LogP contribution in [0.4, 0.5) is 4.79 Å². The number of ether oxygens (including phenoxy) is 3. The van der Waals surface area contributed by atoms with Crippen LogP contribution in [0, 0.1) is 5.92 Å². The highest BCUT2D eigenvalue weighted by Gasteiger charge is 2.34. The van der Waals surface area contributed by atoms with Gasteiger partial charge in [-0.1, -0.05) is 92.7 Å². The van der Waals surface area contributed by atoms with Gasteiger partial charge in [0.05, 0.1) is 0 Å². The summed E-state index contributed by atoms with van der Waals surface area (Å²) in [4.78, 5) is 29.8. The van der Waals surface area contributed by atoms with Gasteiger partial charge in [0, 0.05) is 5.92 Å². The number of nitrogens with zero attached hydrogens (tertiary/aromatic N) is 1. The van der Waals surface area contributed by atoms with Crippen LogP contribution in [0.1, 0.15) is 36.5 Å². The molecule has 1 aliphatic heterocycles. The molecule has 2 aliphatic rings. The molecule has 3 aromatic carbocycles. The van der Waals surface area contributed by atoms with Gasteiger partial charge in [0.2, 0.25) is 5.90 Å². The summed E-state index contributed by atoms with van der Waals surface area (Å²) < 4.78 is 16.8. The summed E-state index contributed by atoms with van der Waals surface area (Å²) in [7, 11) is 0. The Kier molecular flexibility index (Phi) is 7.21. The zero-order valence-electron chi connectivity index (χ0n) is 20.9. The minimum absolute atomic E-state index is 0.0283. The smallest absolute Gasteiger partial charge is 0.407 e. The molecule has 1 heterocycles. The largest absolute Gasteiger partial charge is 0.477 e. The monoisotopic (exact) mass is 498 g/mol. The van der Waals surface area contributed by atoms with E-state index in [1.54, 1.807) is 0 Å². The Bertz CT molecular complexity index is 1260. The van der Waals surface area contributed by atoms with Gasteiger partial charge in [-0.2, -0.15) is 0 Å². The van der Waals surface area contributed by atoms with Crippen LogP contribution in [0.15, 0.2) is 83.9 Å². The molecule has 2 atom stereocenters. The molecule has 0 bridgehead atoms. The Balaban J connectivity index is 1.20. The Hall–Kier alpha value is -4.13.